The Balaban J connectivity index is 3.21. The van der Waals surface area contributed by atoms with Crippen molar-refractivity contribution in [2.24, 2.45) is 0 Å². The van der Waals surface area contributed by atoms with Gasteiger partial charge >= 0.3 is 7.12 Å². The van der Waals surface area contributed by atoms with Crippen LogP contribution in [0.15, 0.2) is 12.1 Å². The lowest BCUT2D eigenvalue weighted by Crippen LogP contribution is -2.34. The summed E-state index contributed by atoms with van der Waals surface area (Å²) in [7, 11) is 0.158. The highest BCUT2D eigenvalue weighted by Gasteiger charge is 2.17. The molecular weight excluding hydrogens is 179 g/mol. The van der Waals surface area contributed by atoms with Crippen molar-refractivity contribution in [3.8, 4) is 0 Å². The molecule has 0 saturated heterocycles. The molecule has 4 heteroatoms. The van der Waals surface area contributed by atoms with Gasteiger partial charge in [0.25, 0.3) is 0 Å². The molecule has 0 aliphatic rings. The summed E-state index contributed by atoms with van der Waals surface area (Å²) >= 11 is 0. The van der Waals surface area contributed by atoms with E-state index in [-0.39, 0.29) is 0 Å². The fourth-order valence-corrected chi connectivity index (χ4v) is 1.60. The van der Waals surface area contributed by atoms with Crippen LogP contribution < -0.4 is 5.46 Å². The van der Waals surface area contributed by atoms with Crippen LogP contribution in [0.5, 0.6) is 0 Å². The van der Waals surface area contributed by atoms with Gasteiger partial charge in [0.05, 0.1) is 6.61 Å². The Morgan fingerprint density at radius 2 is 1.93 bits per heavy atom. The van der Waals surface area contributed by atoms with Gasteiger partial charge in [-0.25, -0.2) is 0 Å². The third kappa shape index (κ3) is 2.35. The van der Waals surface area contributed by atoms with Gasteiger partial charge in [0.1, 0.15) is 0 Å². The molecule has 2 N–H and O–H groups in total. The van der Waals surface area contributed by atoms with Crippen LogP contribution in [0, 0.1) is 13.8 Å². The molecule has 0 atom stereocenters. The second kappa shape index (κ2) is 4.60. The Morgan fingerprint density at radius 3 is 2.43 bits per heavy atom. The highest BCUT2D eigenvalue weighted by atomic mass is 16.5. The maximum Gasteiger partial charge on any atom is 0.488 e. The van der Waals surface area contributed by atoms with Crippen molar-refractivity contribution in [1.82, 2.24) is 0 Å². The average Bonchev–Trinajstić information content (AvgIpc) is 2.09. The highest BCUT2D eigenvalue weighted by molar-refractivity contribution is 6.59. The van der Waals surface area contributed by atoms with Gasteiger partial charge in [-0.2, -0.15) is 0 Å². The molecule has 0 aliphatic heterocycles. The van der Waals surface area contributed by atoms with Gasteiger partial charge < -0.3 is 14.8 Å². The molecule has 1 aromatic rings. The first-order valence-electron chi connectivity index (χ1n) is 4.51. The van der Waals surface area contributed by atoms with E-state index in [9.17, 15) is 10.0 Å². The van der Waals surface area contributed by atoms with Gasteiger partial charge in [0.2, 0.25) is 0 Å². The van der Waals surface area contributed by atoms with Crippen molar-refractivity contribution in [2.75, 3.05) is 7.11 Å². The van der Waals surface area contributed by atoms with E-state index in [1.54, 1.807) is 13.2 Å². The molecular formula is C10H15BO3. The molecule has 0 radical (unpaired) electrons. The molecule has 0 aliphatic carbocycles. The summed E-state index contributed by atoms with van der Waals surface area (Å²) in [6.07, 6.45) is 0. The third-order valence-corrected chi connectivity index (χ3v) is 2.22. The molecule has 14 heavy (non-hydrogen) atoms. The van der Waals surface area contributed by atoms with E-state index in [0.29, 0.717) is 12.1 Å². The molecule has 0 heterocycles. The van der Waals surface area contributed by atoms with Crippen molar-refractivity contribution in [1.29, 1.82) is 0 Å². The number of hydrogen-bond donors (Lipinski definition) is 2. The fourth-order valence-electron chi connectivity index (χ4n) is 1.60. The highest BCUT2D eigenvalue weighted by Crippen LogP contribution is 2.10. The van der Waals surface area contributed by atoms with Crippen molar-refractivity contribution < 1.29 is 14.8 Å². The fraction of sp³-hybridized carbons (Fsp3) is 0.400. The lowest BCUT2D eigenvalue weighted by Gasteiger charge is -2.12. The van der Waals surface area contributed by atoms with Gasteiger partial charge in [0, 0.05) is 7.11 Å². The van der Waals surface area contributed by atoms with Crippen LogP contribution in [0.4, 0.5) is 0 Å². The molecule has 0 saturated carbocycles. The predicted octanol–water partition coefficient (Wildman–Crippen LogP) is 0.130. The number of hydrogen-bond acceptors (Lipinski definition) is 3. The summed E-state index contributed by atoms with van der Waals surface area (Å²) in [5, 5.41) is 18.4. The van der Waals surface area contributed by atoms with Gasteiger partial charge in [-0.1, -0.05) is 17.7 Å². The van der Waals surface area contributed by atoms with Crippen molar-refractivity contribution in [2.45, 2.75) is 20.5 Å². The number of aryl methyl sites for hydroxylation is 2. The minimum absolute atomic E-state index is 0.402. The molecule has 0 fully saturated rings. The van der Waals surface area contributed by atoms with E-state index in [0.717, 1.165) is 16.7 Å². The lowest BCUT2D eigenvalue weighted by molar-refractivity contribution is 0.185. The van der Waals surface area contributed by atoms with Crippen LogP contribution in [-0.2, 0) is 11.3 Å². The first kappa shape index (κ1) is 11.2. The van der Waals surface area contributed by atoms with Crippen LogP contribution in [0.2, 0.25) is 0 Å². The molecule has 0 aromatic heterocycles. The van der Waals surface area contributed by atoms with E-state index in [4.69, 9.17) is 4.74 Å². The van der Waals surface area contributed by atoms with Crippen molar-refractivity contribution in [3.05, 3.63) is 28.8 Å². The quantitative estimate of drug-likeness (QED) is 0.672. The number of rotatable bonds is 3. The largest absolute Gasteiger partial charge is 0.488 e. The van der Waals surface area contributed by atoms with Gasteiger partial charge in [0.15, 0.2) is 0 Å². The normalized spacial score (nSPS) is 10.4. The average molecular weight is 194 g/mol. The third-order valence-electron chi connectivity index (χ3n) is 2.22. The molecule has 76 valence electrons. The standard InChI is InChI=1S/C10H15BO3/c1-7-4-8(2)9(6-14-3)10(5-7)11(12)13/h4-5,12-13H,6H2,1-3H3. The van der Waals surface area contributed by atoms with Crippen molar-refractivity contribution >= 4 is 12.6 Å². The molecule has 0 unspecified atom stereocenters. The second-order valence-electron chi connectivity index (χ2n) is 3.46. The van der Waals surface area contributed by atoms with E-state index in [1.807, 2.05) is 19.9 Å². The molecule has 0 amide bonds. The van der Waals surface area contributed by atoms with Crippen LogP contribution in [-0.4, -0.2) is 24.3 Å². The topological polar surface area (TPSA) is 49.7 Å². The van der Waals surface area contributed by atoms with E-state index < -0.39 is 7.12 Å². The van der Waals surface area contributed by atoms with Crippen LogP contribution in [0.1, 0.15) is 16.7 Å². The molecule has 0 bridgehead atoms. The monoisotopic (exact) mass is 194 g/mol. The smallest absolute Gasteiger partial charge is 0.423 e. The zero-order valence-electron chi connectivity index (χ0n) is 8.74. The Kier molecular flexibility index (Phi) is 3.69. The zero-order valence-corrected chi connectivity index (χ0v) is 8.74. The van der Waals surface area contributed by atoms with Gasteiger partial charge in [-0.3, -0.25) is 0 Å². The van der Waals surface area contributed by atoms with Crippen LogP contribution >= 0.6 is 0 Å². The van der Waals surface area contributed by atoms with Crippen molar-refractivity contribution in [3.63, 3.8) is 0 Å². The minimum Gasteiger partial charge on any atom is -0.423 e. The first-order valence-corrected chi connectivity index (χ1v) is 4.51. The summed E-state index contributed by atoms with van der Waals surface area (Å²) in [6, 6.07) is 3.77. The maximum absolute atomic E-state index is 9.18. The first-order chi connectivity index (χ1) is 6.56. The van der Waals surface area contributed by atoms with Crippen LogP contribution in [0.25, 0.3) is 0 Å². The van der Waals surface area contributed by atoms with E-state index in [2.05, 4.69) is 0 Å². The number of methoxy groups -OCH3 is 1. The SMILES string of the molecule is COCc1c(C)cc(C)cc1B(O)O. The second-order valence-corrected chi connectivity index (χ2v) is 3.46. The summed E-state index contributed by atoms with van der Waals surface area (Å²) in [5.74, 6) is 0. The summed E-state index contributed by atoms with van der Waals surface area (Å²) in [6.45, 7) is 4.27. The number of ether oxygens (including phenoxy) is 1. The van der Waals surface area contributed by atoms with E-state index in [1.165, 1.54) is 0 Å². The van der Waals surface area contributed by atoms with Crippen LogP contribution in [0.3, 0.4) is 0 Å². The zero-order chi connectivity index (χ0) is 10.7. The number of benzene rings is 1. The maximum atomic E-state index is 9.18. The predicted molar refractivity (Wildman–Crippen MR) is 56.5 cm³/mol. The molecule has 0 spiro atoms. The summed E-state index contributed by atoms with van der Waals surface area (Å²) < 4.78 is 5.02. The Morgan fingerprint density at radius 1 is 1.29 bits per heavy atom. The van der Waals surface area contributed by atoms with Gasteiger partial charge in [-0.05, 0) is 30.4 Å². The Hall–Kier alpha value is -0.835. The Labute approximate surface area is 84.5 Å². The molecule has 1 aromatic carbocycles. The summed E-state index contributed by atoms with van der Waals surface area (Å²) in [5.41, 5.74) is 3.43. The summed E-state index contributed by atoms with van der Waals surface area (Å²) in [4.78, 5) is 0. The van der Waals surface area contributed by atoms with E-state index >= 15 is 0 Å². The Bertz CT molecular complexity index is 323. The molecule has 1 rings (SSSR count). The minimum atomic E-state index is -1.43. The van der Waals surface area contributed by atoms with Gasteiger partial charge in [-0.15, -0.1) is 0 Å². The molecule has 3 nitrogen and oxygen atoms in total. The lowest BCUT2D eigenvalue weighted by atomic mass is 9.75.